The van der Waals surface area contributed by atoms with Crippen molar-refractivity contribution in [1.29, 1.82) is 0 Å². The van der Waals surface area contributed by atoms with Crippen molar-refractivity contribution in [1.82, 2.24) is 35.7 Å². The maximum absolute atomic E-state index is 12.5. The second kappa shape index (κ2) is 11.4. The Morgan fingerprint density at radius 3 is 2.47 bits per heavy atom. The zero-order chi connectivity index (χ0) is 23.8. The van der Waals surface area contributed by atoms with Gasteiger partial charge in [0.2, 0.25) is 0 Å². The highest BCUT2D eigenvalue weighted by molar-refractivity contribution is 5.92. The summed E-state index contributed by atoms with van der Waals surface area (Å²) in [5, 5.41) is 21.9. The van der Waals surface area contributed by atoms with Gasteiger partial charge in [-0.3, -0.25) is 9.48 Å². The van der Waals surface area contributed by atoms with Gasteiger partial charge in [-0.2, -0.15) is 5.10 Å². The minimum absolute atomic E-state index is 0.0983. The number of unbranched alkanes of at least 4 members (excludes halogenated alkanes) is 2. The number of carbonyl (C=O) groups is 1. The van der Waals surface area contributed by atoms with Crippen LogP contribution in [0.5, 0.6) is 0 Å². The first-order valence-electron chi connectivity index (χ1n) is 12.0. The molecule has 0 atom stereocenters. The number of tetrazole rings is 1. The summed E-state index contributed by atoms with van der Waals surface area (Å²) >= 11 is 0. The van der Waals surface area contributed by atoms with Crippen LogP contribution in [0.25, 0.3) is 22.5 Å². The van der Waals surface area contributed by atoms with Gasteiger partial charge in [0.25, 0.3) is 5.91 Å². The molecule has 176 valence electrons. The summed E-state index contributed by atoms with van der Waals surface area (Å²) in [6.07, 6.45) is 5.08. The highest BCUT2D eigenvalue weighted by Gasteiger charge is 2.15. The molecular weight excluding hydrogens is 426 g/mol. The van der Waals surface area contributed by atoms with Crippen molar-refractivity contribution in [2.75, 3.05) is 6.54 Å². The zero-order valence-electron chi connectivity index (χ0n) is 19.8. The number of rotatable bonds is 11. The summed E-state index contributed by atoms with van der Waals surface area (Å²) in [4.78, 5) is 12.5. The van der Waals surface area contributed by atoms with E-state index in [9.17, 15) is 4.79 Å². The van der Waals surface area contributed by atoms with E-state index in [0.29, 0.717) is 24.6 Å². The van der Waals surface area contributed by atoms with Gasteiger partial charge in [-0.15, -0.1) is 5.10 Å². The van der Waals surface area contributed by atoms with Crippen LogP contribution in [0.4, 0.5) is 0 Å². The van der Waals surface area contributed by atoms with Crippen molar-refractivity contribution in [3.05, 3.63) is 71.5 Å². The van der Waals surface area contributed by atoms with Crippen LogP contribution in [0.3, 0.4) is 0 Å². The molecule has 8 nitrogen and oxygen atoms in total. The summed E-state index contributed by atoms with van der Waals surface area (Å²) in [6, 6.07) is 18.4. The molecule has 2 aromatic heterocycles. The van der Waals surface area contributed by atoms with Crippen LogP contribution in [0, 0.1) is 0 Å². The van der Waals surface area contributed by atoms with Crippen molar-refractivity contribution >= 4 is 5.91 Å². The molecule has 0 bridgehead atoms. The smallest absolute Gasteiger partial charge is 0.271 e. The van der Waals surface area contributed by atoms with E-state index >= 15 is 0 Å². The fourth-order valence-electron chi connectivity index (χ4n) is 3.91. The lowest BCUT2D eigenvalue weighted by atomic mass is 9.98. The number of carbonyl (C=O) groups excluding carboxylic acids is 1. The van der Waals surface area contributed by atoms with Crippen molar-refractivity contribution in [3.8, 4) is 22.5 Å². The van der Waals surface area contributed by atoms with Gasteiger partial charge in [0.1, 0.15) is 5.69 Å². The zero-order valence-corrected chi connectivity index (χ0v) is 19.8. The topological polar surface area (TPSA) is 101 Å². The van der Waals surface area contributed by atoms with E-state index in [0.717, 1.165) is 60.1 Å². The average Bonchev–Trinajstić information content (AvgIpc) is 3.54. The molecule has 0 radical (unpaired) electrons. The summed E-state index contributed by atoms with van der Waals surface area (Å²) in [5.41, 5.74) is 5.80. The van der Waals surface area contributed by atoms with Crippen LogP contribution in [-0.2, 0) is 13.0 Å². The normalized spacial score (nSPS) is 11.0. The van der Waals surface area contributed by atoms with Gasteiger partial charge in [0.15, 0.2) is 5.82 Å². The standard InChI is InChI=1S/C26H31N7O/c1-3-5-9-21-17-24(26(34)27-16-6-4-2)30-33(21)18-19-12-14-20(15-13-19)22-10-7-8-11-23(22)25-28-31-32-29-25/h7-8,10-15,17H,3-6,9,16,18H2,1-2H3,(H,27,34)(H,28,29,31,32). The first kappa shape index (κ1) is 23.4. The molecule has 4 rings (SSSR count). The molecule has 1 amide bonds. The largest absolute Gasteiger partial charge is 0.351 e. The average molecular weight is 458 g/mol. The van der Waals surface area contributed by atoms with Crippen molar-refractivity contribution in [2.24, 2.45) is 0 Å². The van der Waals surface area contributed by atoms with E-state index in [1.54, 1.807) is 0 Å². The molecule has 0 aliphatic heterocycles. The van der Waals surface area contributed by atoms with Gasteiger partial charge < -0.3 is 5.32 Å². The molecule has 2 heterocycles. The number of benzene rings is 2. The molecule has 8 heteroatoms. The van der Waals surface area contributed by atoms with Crippen molar-refractivity contribution in [3.63, 3.8) is 0 Å². The van der Waals surface area contributed by atoms with E-state index in [4.69, 9.17) is 0 Å². The number of nitrogens with one attached hydrogen (secondary N) is 2. The van der Waals surface area contributed by atoms with Gasteiger partial charge in [-0.25, -0.2) is 5.10 Å². The molecule has 4 aromatic rings. The van der Waals surface area contributed by atoms with Crippen molar-refractivity contribution < 1.29 is 4.79 Å². The Morgan fingerprint density at radius 2 is 1.76 bits per heavy atom. The number of hydrogen-bond donors (Lipinski definition) is 2. The van der Waals surface area contributed by atoms with Crippen LogP contribution in [0.2, 0.25) is 0 Å². The number of aromatic amines is 1. The number of hydrogen-bond acceptors (Lipinski definition) is 5. The number of nitrogens with zero attached hydrogens (tertiary/aromatic N) is 5. The third-order valence-electron chi connectivity index (χ3n) is 5.82. The quantitative estimate of drug-likeness (QED) is 0.319. The monoisotopic (exact) mass is 457 g/mol. The highest BCUT2D eigenvalue weighted by atomic mass is 16.1. The molecule has 2 N–H and O–H groups in total. The Kier molecular flexibility index (Phi) is 7.80. The lowest BCUT2D eigenvalue weighted by molar-refractivity contribution is 0.0947. The predicted molar refractivity (Wildman–Crippen MR) is 132 cm³/mol. The lowest BCUT2D eigenvalue weighted by Gasteiger charge is -2.10. The Bertz CT molecular complexity index is 1200. The molecule has 0 unspecified atom stereocenters. The minimum Gasteiger partial charge on any atom is -0.351 e. The summed E-state index contributed by atoms with van der Waals surface area (Å²) in [5.74, 6) is 0.542. The van der Waals surface area contributed by atoms with E-state index in [1.165, 1.54) is 0 Å². The molecule has 0 aliphatic carbocycles. The van der Waals surface area contributed by atoms with Crippen LogP contribution in [0.15, 0.2) is 54.6 Å². The molecule has 0 spiro atoms. The van der Waals surface area contributed by atoms with E-state index in [1.807, 2.05) is 28.9 Å². The Morgan fingerprint density at radius 1 is 1.00 bits per heavy atom. The van der Waals surface area contributed by atoms with E-state index in [-0.39, 0.29) is 5.91 Å². The SMILES string of the molecule is CCCCNC(=O)c1cc(CCCC)n(Cc2ccc(-c3ccccc3-c3nnn[nH]3)cc2)n1. The maximum atomic E-state index is 12.5. The van der Waals surface area contributed by atoms with Gasteiger partial charge in [-0.05, 0) is 52.4 Å². The number of amides is 1. The maximum Gasteiger partial charge on any atom is 0.271 e. The predicted octanol–water partition coefficient (Wildman–Crippen LogP) is 4.65. The Hall–Kier alpha value is -3.81. The summed E-state index contributed by atoms with van der Waals surface area (Å²) in [7, 11) is 0. The Balaban J connectivity index is 1.54. The van der Waals surface area contributed by atoms with Gasteiger partial charge in [0, 0.05) is 17.8 Å². The third-order valence-corrected chi connectivity index (χ3v) is 5.82. The minimum atomic E-state index is -0.0983. The van der Waals surface area contributed by atoms with Crippen LogP contribution >= 0.6 is 0 Å². The first-order chi connectivity index (χ1) is 16.7. The first-order valence-corrected chi connectivity index (χ1v) is 12.0. The highest BCUT2D eigenvalue weighted by Crippen LogP contribution is 2.29. The Labute approximate surface area is 199 Å². The second-order valence-electron chi connectivity index (χ2n) is 8.38. The lowest BCUT2D eigenvalue weighted by Crippen LogP contribution is -2.25. The van der Waals surface area contributed by atoms with Gasteiger partial charge >= 0.3 is 0 Å². The number of H-pyrrole nitrogens is 1. The van der Waals surface area contributed by atoms with E-state index < -0.39 is 0 Å². The van der Waals surface area contributed by atoms with Gasteiger partial charge in [-0.1, -0.05) is 75.2 Å². The molecule has 0 aliphatic rings. The molecule has 0 fully saturated rings. The number of aryl methyl sites for hydroxylation is 1. The molecular formula is C26H31N7O. The molecule has 34 heavy (non-hydrogen) atoms. The summed E-state index contributed by atoms with van der Waals surface area (Å²) in [6.45, 7) is 5.58. The van der Waals surface area contributed by atoms with Crippen molar-refractivity contribution in [2.45, 2.75) is 52.5 Å². The fraction of sp³-hybridized carbons (Fsp3) is 0.346. The van der Waals surface area contributed by atoms with Crippen LogP contribution < -0.4 is 5.32 Å². The molecule has 2 aromatic carbocycles. The third kappa shape index (κ3) is 5.57. The summed E-state index contributed by atoms with van der Waals surface area (Å²) < 4.78 is 1.97. The fourth-order valence-corrected chi connectivity index (χ4v) is 3.91. The van der Waals surface area contributed by atoms with E-state index in [2.05, 4.69) is 75.2 Å². The molecule has 0 saturated carbocycles. The second-order valence-corrected chi connectivity index (χ2v) is 8.38. The van der Waals surface area contributed by atoms with Crippen LogP contribution in [0.1, 0.15) is 61.3 Å². The number of aromatic nitrogens is 6. The van der Waals surface area contributed by atoms with Crippen LogP contribution in [-0.4, -0.2) is 42.9 Å². The molecule has 0 saturated heterocycles. The van der Waals surface area contributed by atoms with Gasteiger partial charge in [0.05, 0.1) is 6.54 Å².